The van der Waals surface area contributed by atoms with Crippen molar-refractivity contribution in [3.63, 3.8) is 0 Å². The van der Waals surface area contributed by atoms with E-state index in [4.69, 9.17) is 16.6 Å². The van der Waals surface area contributed by atoms with Crippen molar-refractivity contribution in [3.8, 4) is 0 Å². The fourth-order valence-electron chi connectivity index (χ4n) is 1.67. The number of hydrogen-bond donors (Lipinski definition) is 3. The minimum Gasteiger partial charge on any atom is -0.210 e. The van der Waals surface area contributed by atoms with Gasteiger partial charge in [-0.25, -0.2) is 16.6 Å². The van der Waals surface area contributed by atoms with Gasteiger partial charge in [-0.3, -0.25) is 0 Å². The fraction of sp³-hybridized carbons (Fsp3) is 1.00. The molecule has 3 unspecified atom stereocenters. The lowest BCUT2D eigenvalue weighted by molar-refractivity contribution is 0.291. The summed E-state index contributed by atoms with van der Waals surface area (Å²) in [5.74, 6) is 0. The molecule has 6 nitrogen and oxygen atoms in total. The van der Waals surface area contributed by atoms with E-state index in [1.165, 1.54) is 0 Å². The molecular formula is C12H26N6. The summed E-state index contributed by atoms with van der Waals surface area (Å²) in [6, 6.07) is -0.00973. The number of nitrogens with one attached hydrogen (secondary N) is 3. The maximum Gasteiger partial charge on any atom is 0.0787 e. The van der Waals surface area contributed by atoms with Gasteiger partial charge in [0.15, 0.2) is 0 Å². The van der Waals surface area contributed by atoms with Crippen LogP contribution in [-0.2, 0) is 0 Å². The number of hydrogen-bond acceptors (Lipinski definition) is 6. The lowest BCUT2D eigenvalue weighted by Crippen LogP contribution is -2.28. The van der Waals surface area contributed by atoms with Crippen LogP contribution in [0.4, 0.5) is 0 Å². The second-order valence-corrected chi connectivity index (χ2v) is 5.59. The largest absolute Gasteiger partial charge is 0.210 e. The SMILES string of the molecule is CCC(C)(CCC(C)(CCC(C)N=N)N=N)N=N. The quantitative estimate of drug-likeness (QED) is 0.458. The molecule has 0 aromatic rings. The normalized spacial score (nSPS) is 19.3. The van der Waals surface area contributed by atoms with Crippen molar-refractivity contribution in [2.45, 2.75) is 76.9 Å². The summed E-state index contributed by atoms with van der Waals surface area (Å²) in [4.78, 5) is 0. The molecule has 0 aromatic carbocycles. The Morgan fingerprint density at radius 3 is 1.83 bits per heavy atom. The van der Waals surface area contributed by atoms with E-state index in [0.717, 1.165) is 32.1 Å². The van der Waals surface area contributed by atoms with Crippen molar-refractivity contribution in [1.29, 1.82) is 16.6 Å². The zero-order valence-corrected chi connectivity index (χ0v) is 12.0. The van der Waals surface area contributed by atoms with E-state index in [9.17, 15) is 0 Å². The molecule has 6 heteroatoms. The second kappa shape index (κ2) is 7.28. The summed E-state index contributed by atoms with van der Waals surface area (Å²) in [7, 11) is 0. The van der Waals surface area contributed by atoms with E-state index in [1.807, 2.05) is 27.7 Å². The van der Waals surface area contributed by atoms with Gasteiger partial charge < -0.3 is 0 Å². The van der Waals surface area contributed by atoms with Gasteiger partial charge in [-0.15, -0.1) is 0 Å². The predicted molar refractivity (Wildman–Crippen MR) is 70.5 cm³/mol. The van der Waals surface area contributed by atoms with Crippen LogP contribution >= 0.6 is 0 Å². The maximum atomic E-state index is 7.35. The van der Waals surface area contributed by atoms with E-state index in [-0.39, 0.29) is 11.6 Å². The third kappa shape index (κ3) is 5.42. The van der Waals surface area contributed by atoms with Gasteiger partial charge in [0.2, 0.25) is 0 Å². The molecule has 104 valence electrons. The molecular weight excluding hydrogens is 228 g/mol. The number of nitrogens with zero attached hydrogens (tertiary/aromatic N) is 3. The van der Waals surface area contributed by atoms with Gasteiger partial charge in [0.05, 0.1) is 17.1 Å². The molecule has 0 spiro atoms. The molecule has 0 aliphatic heterocycles. The first-order valence-electron chi connectivity index (χ1n) is 6.48. The van der Waals surface area contributed by atoms with E-state index in [2.05, 4.69) is 15.3 Å². The van der Waals surface area contributed by atoms with Crippen molar-refractivity contribution in [2.75, 3.05) is 0 Å². The lowest BCUT2D eigenvalue weighted by atomic mass is 9.83. The smallest absolute Gasteiger partial charge is 0.0787 e. The Kier molecular flexibility index (Phi) is 6.80. The summed E-state index contributed by atoms with van der Waals surface area (Å²) in [5.41, 5.74) is 20.8. The van der Waals surface area contributed by atoms with Crippen LogP contribution in [0.1, 0.15) is 59.8 Å². The van der Waals surface area contributed by atoms with Crippen molar-refractivity contribution in [2.24, 2.45) is 15.3 Å². The highest BCUT2D eigenvalue weighted by Gasteiger charge is 2.29. The van der Waals surface area contributed by atoms with E-state index < -0.39 is 5.54 Å². The van der Waals surface area contributed by atoms with Gasteiger partial charge in [-0.1, -0.05) is 6.92 Å². The molecule has 0 rings (SSSR count). The zero-order valence-electron chi connectivity index (χ0n) is 12.0. The van der Waals surface area contributed by atoms with Crippen LogP contribution in [0.25, 0.3) is 0 Å². The van der Waals surface area contributed by atoms with Crippen LogP contribution in [0.2, 0.25) is 0 Å². The Morgan fingerprint density at radius 2 is 1.44 bits per heavy atom. The highest BCUT2D eigenvalue weighted by Crippen LogP contribution is 2.31. The van der Waals surface area contributed by atoms with Crippen LogP contribution in [0.5, 0.6) is 0 Å². The summed E-state index contributed by atoms with van der Waals surface area (Å²) in [5, 5.41) is 10.9. The van der Waals surface area contributed by atoms with E-state index >= 15 is 0 Å². The molecule has 0 saturated carbocycles. The third-order valence-corrected chi connectivity index (χ3v) is 3.82. The van der Waals surface area contributed by atoms with Gasteiger partial charge in [0.1, 0.15) is 0 Å². The monoisotopic (exact) mass is 254 g/mol. The van der Waals surface area contributed by atoms with Crippen molar-refractivity contribution >= 4 is 0 Å². The topological polar surface area (TPSA) is 109 Å². The van der Waals surface area contributed by atoms with E-state index in [1.54, 1.807) is 0 Å². The molecule has 0 bridgehead atoms. The maximum absolute atomic E-state index is 7.35. The van der Waals surface area contributed by atoms with Crippen molar-refractivity contribution in [3.05, 3.63) is 0 Å². The first-order chi connectivity index (χ1) is 8.34. The van der Waals surface area contributed by atoms with Gasteiger partial charge in [0, 0.05) is 0 Å². The molecule has 0 aliphatic rings. The molecule has 0 aromatic heterocycles. The molecule has 0 heterocycles. The number of rotatable bonds is 10. The predicted octanol–water partition coefficient (Wildman–Crippen LogP) is 4.96. The second-order valence-electron chi connectivity index (χ2n) is 5.59. The summed E-state index contributed by atoms with van der Waals surface area (Å²) < 4.78 is 0. The molecule has 3 N–H and O–H groups in total. The minimum atomic E-state index is -0.417. The third-order valence-electron chi connectivity index (χ3n) is 3.82. The average Bonchev–Trinajstić information content (AvgIpc) is 2.42. The molecule has 0 fully saturated rings. The van der Waals surface area contributed by atoms with Crippen LogP contribution in [0, 0.1) is 16.6 Å². The Balaban J connectivity index is 4.43. The highest BCUT2D eigenvalue weighted by atomic mass is 15.0. The highest BCUT2D eigenvalue weighted by molar-refractivity contribution is 4.88. The first-order valence-corrected chi connectivity index (χ1v) is 6.48. The summed E-state index contributed by atoms with van der Waals surface area (Å²) in [6.45, 7) is 7.84. The fourth-order valence-corrected chi connectivity index (χ4v) is 1.67. The molecule has 0 aliphatic carbocycles. The molecule has 0 amide bonds. The van der Waals surface area contributed by atoms with Crippen LogP contribution in [0.15, 0.2) is 15.3 Å². The molecule has 18 heavy (non-hydrogen) atoms. The standard InChI is InChI=1S/C12H26N6/c1-5-11(3,17-14)8-9-12(4,18-15)7-6-10(2)16-13/h10,13-15H,5-9H2,1-4H3. The van der Waals surface area contributed by atoms with E-state index in [0.29, 0.717) is 0 Å². The van der Waals surface area contributed by atoms with Crippen LogP contribution in [-0.4, -0.2) is 17.1 Å². The Hall–Kier alpha value is -1.20. The summed E-state index contributed by atoms with van der Waals surface area (Å²) >= 11 is 0. The van der Waals surface area contributed by atoms with Gasteiger partial charge in [-0.05, 0) is 52.9 Å². The molecule has 0 radical (unpaired) electrons. The van der Waals surface area contributed by atoms with Gasteiger partial charge >= 0.3 is 0 Å². The van der Waals surface area contributed by atoms with Gasteiger partial charge in [-0.2, -0.15) is 15.3 Å². The van der Waals surface area contributed by atoms with Crippen molar-refractivity contribution < 1.29 is 0 Å². The minimum absolute atomic E-state index is 0.00973. The molecule has 3 atom stereocenters. The van der Waals surface area contributed by atoms with Crippen molar-refractivity contribution in [1.82, 2.24) is 0 Å². The first kappa shape index (κ1) is 16.8. The Morgan fingerprint density at radius 1 is 0.944 bits per heavy atom. The molecule has 0 saturated heterocycles. The average molecular weight is 254 g/mol. The zero-order chi connectivity index (χ0) is 14.2. The summed E-state index contributed by atoms with van der Waals surface area (Å²) in [6.07, 6.45) is 3.84. The lowest BCUT2D eigenvalue weighted by Gasteiger charge is -2.29. The Labute approximate surface area is 109 Å². The van der Waals surface area contributed by atoms with Crippen LogP contribution in [0.3, 0.4) is 0 Å². The Bertz CT molecular complexity index is 292. The van der Waals surface area contributed by atoms with Gasteiger partial charge in [0.25, 0.3) is 0 Å². The van der Waals surface area contributed by atoms with Crippen LogP contribution < -0.4 is 0 Å².